The number of rotatable bonds is 5. The topological polar surface area (TPSA) is 68.5 Å². The molecule has 5 nitrogen and oxygen atoms in total. The molecule has 2 rings (SSSR count). The third kappa shape index (κ3) is 4.77. The Bertz CT molecular complexity index is 800. The van der Waals surface area contributed by atoms with E-state index in [9.17, 15) is 9.59 Å². The van der Waals surface area contributed by atoms with Gasteiger partial charge in [-0.1, -0.05) is 29.3 Å². The Hall–Kier alpha value is -1.98. The molecule has 2 atom stereocenters. The van der Waals surface area contributed by atoms with E-state index in [0.717, 1.165) is 5.56 Å². The molecule has 0 unspecified atom stereocenters. The minimum atomic E-state index is -0.962. The quantitative estimate of drug-likeness (QED) is 0.764. The van der Waals surface area contributed by atoms with Crippen LogP contribution in [0.1, 0.15) is 47.3 Å². The minimum absolute atomic E-state index is 0.311. The summed E-state index contributed by atoms with van der Waals surface area (Å²) in [5.41, 5.74) is 1.03. The van der Waals surface area contributed by atoms with E-state index < -0.39 is 18.0 Å². The molecule has 25 heavy (non-hydrogen) atoms. The maximum absolute atomic E-state index is 12.3. The van der Waals surface area contributed by atoms with Crippen molar-refractivity contribution in [3.63, 3.8) is 0 Å². The first kappa shape index (κ1) is 19.3. The van der Waals surface area contributed by atoms with E-state index >= 15 is 0 Å². The predicted octanol–water partition coefficient (Wildman–Crippen LogP) is 4.63. The molecular weight excluding hydrogens is 365 g/mol. The van der Waals surface area contributed by atoms with Crippen LogP contribution in [-0.4, -0.2) is 18.0 Å². The fraction of sp³-hybridized carbons (Fsp3) is 0.333. The van der Waals surface area contributed by atoms with Gasteiger partial charge < -0.3 is 14.5 Å². The predicted molar refractivity (Wildman–Crippen MR) is 96.1 cm³/mol. The molecule has 134 valence electrons. The van der Waals surface area contributed by atoms with Gasteiger partial charge in [0.1, 0.15) is 17.1 Å². The SMILES string of the molecule is Cc1cc(C(=O)O[C@H](C)C(=O)N[C@H](C)c2ccc(Cl)cc2Cl)c(C)o1. The van der Waals surface area contributed by atoms with Gasteiger partial charge in [-0.2, -0.15) is 0 Å². The van der Waals surface area contributed by atoms with Crippen molar-refractivity contribution < 1.29 is 18.7 Å². The van der Waals surface area contributed by atoms with Crippen molar-refractivity contribution in [2.75, 3.05) is 0 Å². The number of halogens is 2. The van der Waals surface area contributed by atoms with Crippen LogP contribution in [0.15, 0.2) is 28.7 Å². The number of hydrogen-bond donors (Lipinski definition) is 1. The molecule has 0 saturated heterocycles. The second-order valence-corrected chi connectivity index (χ2v) is 6.61. The number of carbonyl (C=O) groups is 2. The number of nitrogens with one attached hydrogen (secondary N) is 1. The number of furan rings is 1. The zero-order valence-corrected chi connectivity index (χ0v) is 15.9. The van der Waals surface area contributed by atoms with Crippen LogP contribution >= 0.6 is 23.2 Å². The van der Waals surface area contributed by atoms with Gasteiger partial charge >= 0.3 is 5.97 Å². The van der Waals surface area contributed by atoms with Crippen LogP contribution in [0.2, 0.25) is 10.0 Å². The van der Waals surface area contributed by atoms with Gasteiger partial charge in [-0.15, -0.1) is 0 Å². The van der Waals surface area contributed by atoms with Gasteiger partial charge in [0.2, 0.25) is 0 Å². The van der Waals surface area contributed by atoms with Gasteiger partial charge in [0.25, 0.3) is 5.91 Å². The number of esters is 1. The maximum atomic E-state index is 12.3. The van der Waals surface area contributed by atoms with Crippen molar-refractivity contribution in [3.05, 3.63) is 57.0 Å². The molecule has 2 aromatic rings. The molecule has 0 aliphatic rings. The van der Waals surface area contributed by atoms with Gasteiger partial charge in [0.15, 0.2) is 6.10 Å². The number of carbonyl (C=O) groups excluding carboxylic acids is 2. The summed E-state index contributed by atoms with van der Waals surface area (Å²) in [6.07, 6.45) is -0.962. The lowest BCUT2D eigenvalue weighted by Gasteiger charge is -2.19. The van der Waals surface area contributed by atoms with Gasteiger partial charge in [-0.3, -0.25) is 4.79 Å². The van der Waals surface area contributed by atoms with Crippen molar-refractivity contribution in [1.82, 2.24) is 5.32 Å². The van der Waals surface area contributed by atoms with Gasteiger partial charge in [0, 0.05) is 10.0 Å². The van der Waals surface area contributed by atoms with Crippen molar-refractivity contribution in [2.45, 2.75) is 39.8 Å². The molecule has 1 amide bonds. The molecule has 1 N–H and O–H groups in total. The molecule has 1 aromatic heterocycles. The smallest absolute Gasteiger partial charge is 0.342 e. The Morgan fingerprint density at radius 3 is 2.40 bits per heavy atom. The first-order valence-corrected chi connectivity index (χ1v) is 8.48. The number of benzene rings is 1. The van der Waals surface area contributed by atoms with Crippen LogP contribution in [0, 0.1) is 13.8 Å². The summed E-state index contributed by atoms with van der Waals surface area (Å²) in [6, 6.07) is 6.26. The number of hydrogen-bond acceptors (Lipinski definition) is 4. The second-order valence-electron chi connectivity index (χ2n) is 5.77. The molecule has 0 bridgehead atoms. The van der Waals surface area contributed by atoms with E-state index in [1.165, 1.54) is 6.92 Å². The zero-order valence-electron chi connectivity index (χ0n) is 14.4. The second kappa shape index (κ2) is 7.93. The molecule has 0 aliphatic heterocycles. The fourth-order valence-electron chi connectivity index (χ4n) is 2.37. The van der Waals surface area contributed by atoms with Gasteiger partial charge in [-0.25, -0.2) is 4.79 Å². The molecule has 1 aromatic carbocycles. The number of amides is 1. The lowest BCUT2D eigenvalue weighted by molar-refractivity contribution is -0.129. The average molecular weight is 384 g/mol. The Labute approximate surface area is 156 Å². The molecule has 0 radical (unpaired) electrons. The van der Waals surface area contributed by atoms with E-state index in [1.54, 1.807) is 45.0 Å². The van der Waals surface area contributed by atoms with E-state index in [2.05, 4.69) is 5.32 Å². The van der Waals surface area contributed by atoms with Crippen LogP contribution in [0.25, 0.3) is 0 Å². The van der Waals surface area contributed by atoms with Crippen LogP contribution < -0.4 is 5.32 Å². The van der Waals surface area contributed by atoms with E-state index in [1.807, 2.05) is 0 Å². The Morgan fingerprint density at radius 2 is 1.84 bits per heavy atom. The zero-order chi connectivity index (χ0) is 18.7. The highest BCUT2D eigenvalue weighted by atomic mass is 35.5. The minimum Gasteiger partial charge on any atom is -0.466 e. The monoisotopic (exact) mass is 383 g/mol. The van der Waals surface area contributed by atoms with Crippen LogP contribution in [0.4, 0.5) is 0 Å². The highest BCUT2D eigenvalue weighted by Crippen LogP contribution is 2.26. The average Bonchev–Trinajstić information content (AvgIpc) is 2.85. The van der Waals surface area contributed by atoms with Gasteiger partial charge in [0.05, 0.1) is 6.04 Å². The molecule has 0 saturated carbocycles. The summed E-state index contributed by atoms with van der Waals surface area (Å²) in [5, 5.41) is 3.73. The molecule has 0 aliphatic carbocycles. The molecular formula is C18H19Cl2NO4. The lowest BCUT2D eigenvalue weighted by atomic mass is 10.1. The molecule has 1 heterocycles. The summed E-state index contributed by atoms with van der Waals surface area (Å²) < 4.78 is 10.5. The summed E-state index contributed by atoms with van der Waals surface area (Å²) in [7, 11) is 0. The maximum Gasteiger partial charge on any atom is 0.342 e. The standard InChI is InChI=1S/C18H19Cl2NO4/c1-9-7-15(11(3)24-9)18(23)25-12(4)17(22)21-10(2)14-6-5-13(19)8-16(14)20/h5-8,10,12H,1-4H3,(H,21,22)/t10-,12-/m1/s1. The first-order chi connectivity index (χ1) is 11.7. The Kier molecular flexibility index (Phi) is 6.14. The summed E-state index contributed by atoms with van der Waals surface area (Å²) in [5.74, 6) is 0.0305. The third-order valence-electron chi connectivity index (χ3n) is 3.70. The van der Waals surface area contributed by atoms with Crippen LogP contribution in [0.5, 0.6) is 0 Å². The van der Waals surface area contributed by atoms with E-state index in [-0.39, 0.29) is 6.04 Å². The van der Waals surface area contributed by atoms with E-state index in [0.29, 0.717) is 27.1 Å². The lowest BCUT2D eigenvalue weighted by Crippen LogP contribution is -2.37. The summed E-state index contributed by atoms with van der Waals surface area (Å²) in [6.45, 7) is 6.69. The summed E-state index contributed by atoms with van der Waals surface area (Å²) in [4.78, 5) is 24.4. The largest absolute Gasteiger partial charge is 0.466 e. The van der Waals surface area contributed by atoms with Gasteiger partial charge in [-0.05, 0) is 51.5 Å². The van der Waals surface area contributed by atoms with Crippen molar-refractivity contribution in [3.8, 4) is 0 Å². The number of aryl methyl sites for hydroxylation is 2. The normalized spacial score (nSPS) is 13.2. The Balaban J connectivity index is 2.00. The van der Waals surface area contributed by atoms with Crippen molar-refractivity contribution >= 4 is 35.1 Å². The molecule has 7 heteroatoms. The third-order valence-corrected chi connectivity index (χ3v) is 4.26. The molecule has 0 spiro atoms. The van der Waals surface area contributed by atoms with Crippen LogP contribution in [0.3, 0.4) is 0 Å². The van der Waals surface area contributed by atoms with E-state index in [4.69, 9.17) is 32.4 Å². The highest BCUT2D eigenvalue weighted by Gasteiger charge is 2.23. The first-order valence-electron chi connectivity index (χ1n) is 7.72. The Morgan fingerprint density at radius 1 is 1.16 bits per heavy atom. The van der Waals surface area contributed by atoms with Crippen LogP contribution in [-0.2, 0) is 9.53 Å². The van der Waals surface area contributed by atoms with Crippen molar-refractivity contribution in [1.29, 1.82) is 0 Å². The van der Waals surface area contributed by atoms with Crippen molar-refractivity contribution in [2.24, 2.45) is 0 Å². The fourth-order valence-corrected chi connectivity index (χ4v) is 2.94. The summed E-state index contributed by atoms with van der Waals surface area (Å²) >= 11 is 12.0. The highest BCUT2D eigenvalue weighted by molar-refractivity contribution is 6.35. The number of ether oxygens (including phenoxy) is 1. The molecule has 0 fully saturated rings.